The average Bonchev–Trinajstić information content (AvgIpc) is 2.62. The summed E-state index contributed by atoms with van der Waals surface area (Å²) in [6.45, 7) is 4.91. The predicted molar refractivity (Wildman–Crippen MR) is 98.2 cm³/mol. The Balaban J connectivity index is 1.67. The van der Waals surface area contributed by atoms with Crippen molar-refractivity contribution in [2.45, 2.75) is 58.5 Å². The molecule has 5 nitrogen and oxygen atoms in total. The van der Waals surface area contributed by atoms with Gasteiger partial charge in [0.05, 0.1) is 7.11 Å². The molecule has 1 aromatic rings. The Kier molecular flexibility index (Phi) is 7.29. The highest BCUT2D eigenvalue weighted by molar-refractivity contribution is 5.83. The molecule has 2 rings (SSSR count). The highest BCUT2D eigenvalue weighted by Crippen LogP contribution is 2.29. The lowest BCUT2D eigenvalue weighted by atomic mass is 9.78. The molecule has 1 aliphatic rings. The first kappa shape index (κ1) is 19.3. The summed E-state index contributed by atoms with van der Waals surface area (Å²) in [6, 6.07) is 7.80. The molecule has 25 heavy (non-hydrogen) atoms. The van der Waals surface area contributed by atoms with Crippen molar-refractivity contribution in [2.24, 2.45) is 11.8 Å². The third kappa shape index (κ3) is 6.07. The van der Waals surface area contributed by atoms with Gasteiger partial charge in [0.15, 0.2) is 0 Å². The lowest BCUT2D eigenvalue weighted by Gasteiger charge is -2.34. The van der Waals surface area contributed by atoms with Crippen molar-refractivity contribution in [2.75, 3.05) is 7.11 Å². The van der Waals surface area contributed by atoms with Crippen LogP contribution in [0.3, 0.4) is 0 Å². The summed E-state index contributed by atoms with van der Waals surface area (Å²) in [5, 5.41) is 5.96. The number of ether oxygens (including phenoxy) is 1. The molecule has 0 aliphatic heterocycles. The Labute approximate surface area is 150 Å². The van der Waals surface area contributed by atoms with Crippen LogP contribution in [-0.4, -0.2) is 25.0 Å². The van der Waals surface area contributed by atoms with Crippen LogP contribution in [0, 0.1) is 11.8 Å². The summed E-state index contributed by atoms with van der Waals surface area (Å²) >= 11 is 0. The number of rotatable bonds is 7. The molecule has 0 saturated heterocycles. The normalized spacial score (nSPS) is 22.9. The second kappa shape index (κ2) is 9.44. The van der Waals surface area contributed by atoms with E-state index in [0.29, 0.717) is 18.4 Å². The Morgan fingerprint density at radius 1 is 1.08 bits per heavy atom. The third-order valence-electron chi connectivity index (χ3n) is 5.28. The van der Waals surface area contributed by atoms with E-state index in [9.17, 15) is 9.59 Å². The van der Waals surface area contributed by atoms with Gasteiger partial charge in [0.2, 0.25) is 11.8 Å². The van der Waals surface area contributed by atoms with Crippen LogP contribution in [0.15, 0.2) is 24.3 Å². The smallest absolute Gasteiger partial charge is 0.220 e. The van der Waals surface area contributed by atoms with Crippen LogP contribution in [0.5, 0.6) is 5.75 Å². The number of carbonyl (C=O) groups is 2. The quantitative estimate of drug-likeness (QED) is 0.797. The van der Waals surface area contributed by atoms with Crippen LogP contribution >= 0.6 is 0 Å². The van der Waals surface area contributed by atoms with Crippen LogP contribution in [0.1, 0.15) is 51.5 Å². The second-order valence-electron chi connectivity index (χ2n) is 7.07. The molecule has 0 spiro atoms. The monoisotopic (exact) mass is 346 g/mol. The van der Waals surface area contributed by atoms with E-state index in [1.165, 1.54) is 12.8 Å². The molecule has 0 heterocycles. The topological polar surface area (TPSA) is 67.4 Å². The number of carbonyl (C=O) groups excluding carboxylic acids is 2. The van der Waals surface area contributed by atoms with Crippen molar-refractivity contribution in [3.63, 3.8) is 0 Å². The Hall–Kier alpha value is -2.04. The van der Waals surface area contributed by atoms with Crippen molar-refractivity contribution in [3.8, 4) is 5.75 Å². The van der Waals surface area contributed by atoms with Gasteiger partial charge in [-0.2, -0.15) is 0 Å². The SMILES string of the molecule is COc1ccc(CNC(=O)CCC(=O)N[C@@H]2CCC[C@@H](C)[C@@H]2C)cc1. The summed E-state index contributed by atoms with van der Waals surface area (Å²) in [5.41, 5.74) is 1.00. The molecule has 1 fully saturated rings. The third-order valence-corrected chi connectivity index (χ3v) is 5.28. The molecule has 138 valence electrons. The maximum atomic E-state index is 12.1. The van der Waals surface area contributed by atoms with Crippen LogP contribution < -0.4 is 15.4 Å². The standard InChI is InChI=1S/C20H30N2O3/c1-14-5-4-6-18(15(14)2)22-20(24)12-11-19(23)21-13-16-7-9-17(25-3)10-8-16/h7-10,14-15,18H,4-6,11-13H2,1-3H3,(H,21,23)(H,22,24)/t14-,15+,18-/m1/s1. The van der Waals surface area contributed by atoms with Crippen molar-refractivity contribution >= 4 is 11.8 Å². The van der Waals surface area contributed by atoms with Gasteiger partial charge >= 0.3 is 0 Å². The van der Waals surface area contributed by atoms with E-state index in [2.05, 4.69) is 24.5 Å². The van der Waals surface area contributed by atoms with Gasteiger partial charge in [-0.1, -0.05) is 38.8 Å². The fourth-order valence-electron chi connectivity index (χ4n) is 3.32. The maximum Gasteiger partial charge on any atom is 0.220 e. The van der Waals surface area contributed by atoms with E-state index >= 15 is 0 Å². The summed E-state index contributed by atoms with van der Waals surface area (Å²) < 4.78 is 5.10. The molecule has 1 saturated carbocycles. The van der Waals surface area contributed by atoms with Gasteiger partial charge < -0.3 is 15.4 Å². The fraction of sp³-hybridized carbons (Fsp3) is 0.600. The summed E-state index contributed by atoms with van der Waals surface area (Å²) in [7, 11) is 1.62. The van der Waals surface area contributed by atoms with Crippen molar-refractivity contribution < 1.29 is 14.3 Å². The number of nitrogens with one attached hydrogen (secondary N) is 2. The van der Waals surface area contributed by atoms with Gasteiger partial charge in [-0.3, -0.25) is 9.59 Å². The molecule has 0 bridgehead atoms. The van der Waals surface area contributed by atoms with Gasteiger partial charge in [0, 0.05) is 25.4 Å². The number of methoxy groups -OCH3 is 1. The Morgan fingerprint density at radius 2 is 1.76 bits per heavy atom. The molecule has 0 radical (unpaired) electrons. The van der Waals surface area contributed by atoms with Gasteiger partial charge in [0.25, 0.3) is 0 Å². The summed E-state index contributed by atoms with van der Waals surface area (Å²) in [4.78, 5) is 24.0. The van der Waals surface area contributed by atoms with E-state index in [0.717, 1.165) is 17.7 Å². The predicted octanol–water partition coefficient (Wildman–Crippen LogP) is 3.03. The van der Waals surface area contributed by atoms with Gasteiger partial charge in [-0.05, 0) is 36.0 Å². The van der Waals surface area contributed by atoms with E-state index in [4.69, 9.17) is 4.74 Å². The molecule has 1 aliphatic carbocycles. The van der Waals surface area contributed by atoms with Gasteiger partial charge in [-0.15, -0.1) is 0 Å². The fourth-order valence-corrected chi connectivity index (χ4v) is 3.32. The first-order valence-electron chi connectivity index (χ1n) is 9.18. The molecule has 0 aromatic heterocycles. The lowest BCUT2D eigenvalue weighted by molar-refractivity contribution is -0.127. The number of benzene rings is 1. The van der Waals surface area contributed by atoms with Gasteiger partial charge in [-0.25, -0.2) is 0 Å². The van der Waals surface area contributed by atoms with E-state index in [1.54, 1.807) is 7.11 Å². The molecular weight excluding hydrogens is 316 g/mol. The van der Waals surface area contributed by atoms with Crippen molar-refractivity contribution in [3.05, 3.63) is 29.8 Å². The summed E-state index contributed by atoms with van der Waals surface area (Å²) in [5.74, 6) is 1.81. The Bertz CT molecular complexity index is 571. The molecular formula is C20H30N2O3. The molecule has 2 N–H and O–H groups in total. The average molecular weight is 346 g/mol. The van der Waals surface area contributed by atoms with Gasteiger partial charge in [0.1, 0.15) is 5.75 Å². The van der Waals surface area contributed by atoms with Crippen LogP contribution in [0.4, 0.5) is 0 Å². The first-order chi connectivity index (χ1) is 12.0. The van der Waals surface area contributed by atoms with E-state index in [-0.39, 0.29) is 30.7 Å². The van der Waals surface area contributed by atoms with Crippen molar-refractivity contribution in [1.82, 2.24) is 10.6 Å². The molecule has 0 unspecified atom stereocenters. The maximum absolute atomic E-state index is 12.1. The summed E-state index contributed by atoms with van der Waals surface area (Å²) in [6.07, 6.45) is 3.91. The zero-order chi connectivity index (χ0) is 18.2. The first-order valence-corrected chi connectivity index (χ1v) is 9.18. The number of hydrogen-bond donors (Lipinski definition) is 2. The number of hydrogen-bond acceptors (Lipinski definition) is 3. The minimum absolute atomic E-state index is 0.0226. The lowest BCUT2D eigenvalue weighted by Crippen LogP contribution is -2.43. The molecule has 5 heteroatoms. The molecule has 2 amide bonds. The Morgan fingerprint density at radius 3 is 2.44 bits per heavy atom. The molecule has 3 atom stereocenters. The number of amides is 2. The van der Waals surface area contributed by atoms with E-state index in [1.807, 2.05) is 24.3 Å². The zero-order valence-corrected chi connectivity index (χ0v) is 15.5. The molecule has 1 aromatic carbocycles. The minimum Gasteiger partial charge on any atom is -0.497 e. The van der Waals surface area contributed by atoms with Crippen LogP contribution in [0.25, 0.3) is 0 Å². The largest absolute Gasteiger partial charge is 0.497 e. The highest BCUT2D eigenvalue weighted by Gasteiger charge is 2.28. The van der Waals surface area contributed by atoms with Crippen LogP contribution in [-0.2, 0) is 16.1 Å². The second-order valence-corrected chi connectivity index (χ2v) is 7.07. The zero-order valence-electron chi connectivity index (χ0n) is 15.5. The van der Waals surface area contributed by atoms with Crippen molar-refractivity contribution in [1.29, 1.82) is 0 Å². The highest BCUT2D eigenvalue weighted by atomic mass is 16.5. The van der Waals surface area contributed by atoms with Crippen LogP contribution in [0.2, 0.25) is 0 Å². The minimum atomic E-state index is -0.101. The van der Waals surface area contributed by atoms with E-state index < -0.39 is 0 Å².